The number of aromatic nitrogens is 4. The SMILES string of the molecule is c1ccc(-c2cc(-c3ccc(-c4ccc(-c5nc6ccccc6c6c7ccccc7n(-c7ccccc7)c56)cc4)cc3)nc(-c3ccc(-c4ccc5c6ccccc6c6ccccc6c5c4)cc3)n2)cc1. The number of rotatable bonds is 7. The van der Waals surface area contributed by atoms with E-state index in [-0.39, 0.29) is 0 Å². The van der Waals surface area contributed by atoms with Crippen molar-refractivity contribution in [3.63, 3.8) is 0 Å². The summed E-state index contributed by atoms with van der Waals surface area (Å²) in [6.45, 7) is 0. The molecule has 0 aliphatic carbocycles. The van der Waals surface area contributed by atoms with Gasteiger partial charge in [-0.25, -0.2) is 15.0 Å². The molecule has 0 N–H and O–H groups in total. The topological polar surface area (TPSA) is 43.6 Å². The van der Waals surface area contributed by atoms with E-state index in [1.807, 2.05) is 6.07 Å². The predicted octanol–water partition coefficient (Wildman–Crippen LogP) is 17.6. The fourth-order valence-corrected chi connectivity index (χ4v) is 10.8. The van der Waals surface area contributed by atoms with Crippen molar-refractivity contribution >= 4 is 65.0 Å². The zero-order chi connectivity index (χ0) is 46.8. The molecule has 0 amide bonds. The number of hydrogen-bond acceptors (Lipinski definition) is 3. The molecule has 71 heavy (non-hydrogen) atoms. The molecule has 11 aromatic carbocycles. The van der Waals surface area contributed by atoms with Crippen LogP contribution in [0.25, 0.3) is 138 Å². The first-order chi connectivity index (χ1) is 35.2. The molecule has 0 fully saturated rings. The zero-order valence-corrected chi connectivity index (χ0v) is 38.5. The van der Waals surface area contributed by atoms with Crippen molar-refractivity contribution in [2.45, 2.75) is 0 Å². The highest BCUT2D eigenvalue weighted by Gasteiger charge is 2.21. The molecular weight excluding hydrogens is 861 g/mol. The second-order valence-corrected chi connectivity index (χ2v) is 18.3. The summed E-state index contributed by atoms with van der Waals surface area (Å²) in [7, 11) is 0. The summed E-state index contributed by atoms with van der Waals surface area (Å²) in [4.78, 5) is 15.8. The molecule has 0 saturated carbocycles. The first-order valence-corrected chi connectivity index (χ1v) is 24.2. The molecule has 3 aromatic heterocycles. The Morgan fingerprint density at radius 3 is 1.34 bits per heavy atom. The Hall–Kier alpha value is -9.51. The third-order valence-corrected chi connectivity index (χ3v) is 14.2. The van der Waals surface area contributed by atoms with Crippen LogP contribution in [0.15, 0.2) is 255 Å². The Bertz CT molecular complexity index is 4310. The smallest absolute Gasteiger partial charge is 0.160 e. The average Bonchev–Trinajstić information content (AvgIpc) is 3.81. The van der Waals surface area contributed by atoms with Crippen molar-refractivity contribution in [3.8, 4) is 73.1 Å². The fraction of sp³-hybridized carbons (Fsp3) is 0. The van der Waals surface area contributed by atoms with Gasteiger partial charge in [-0.2, -0.15) is 0 Å². The number of hydrogen-bond donors (Lipinski definition) is 0. The normalized spacial score (nSPS) is 11.7. The summed E-state index contributed by atoms with van der Waals surface area (Å²) in [5, 5.41) is 11.2. The molecule has 0 saturated heterocycles. The van der Waals surface area contributed by atoms with Crippen LogP contribution in [0.2, 0.25) is 0 Å². The lowest BCUT2D eigenvalue weighted by molar-refractivity contribution is 1.17. The molecule has 0 unspecified atom stereocenters. The summed E-state index contributed by atoms with van der Waals surface area (Å²) in [6, 6.07) is 90.9. The highest BCUT2D eigenvalue weighted by Crippen LogP contribution is 2.42. The molecule has 14 rings (SSSR count). The Morgan fingerprint density at radius 2 is 0.704 bits per heavy atom. The molecule has 4 nitrogen and oxygen atoms in total. The van der Waals surface area contributed by atoms with Gasteiger partial charge in [0.25, 0.3) is 0 Å². The number of fused-ring (bicyclic) bond motifs is 11. The van der Waals surface area contributed by atoms with E-state index in [0.29, 0.717) is 5.82 Å². The van der Waals surface area contributed by atoms with Gasteiger partial charge < -0.3 is 4.57 Å². The molecule has 0 atom stereocenters. The van der Waals surface area contributed by atoms with Crippen molar-refractivity contribution in [1.29, 1.82) is 0 Å². The Labute approximate surface area is 410 Å². The summed E-state index contributed by atoms with van der Waals surface area (Å²) in [5.74, 6) is 0.686. The maximum Gasteiger partial charge on any atom is 0.160 e. The maximum absolute atomic E-state index is 5.37. The standard InChI is InChI=1S/C67H42N4/c1-3-15-46(16-4-1)61-42-62(70-67(69-61)49-37-31-45(32-38-49)50-39-40-56-54-21-8-7-19-52(54)53-20-9-10-22-55(53)59(56)41-50)47-33-27-43(28-34-47)44-29-35-48(36-30-44)65-66-64(57-23-11-13-25-60(57)68-65)58-24-12-14-26-63(58)71(66)51-17-5-2-6-18-51/h1-42H. The number of para-hydroxylation sites is 3. The highest BCUT2D eigenvalue weighted by molar-refractivity contribution is 6.26. The van der Waals surface area contributed by atoms with Crippen molar-refractivity contribution in [2.24, 2.45) is 0 Å². The van der Waals surface area contributed by atoms with Crippen LogP contribution in [0.5, 0.6) is 0 Å². The second-order valence-electron chi connectivity index (χ2n) is 18.3. The quantitative estimate of drug-likeness (QED) is 0.150. The van der Waals surface area contributed by atoms with Gasteiger partial charge in [0.1, 0.15) is 0 Å². The molecule has 0 spiro atoms. The zero-order valence-electron chi connectivity index (χ0n) is 38.5. The van der Waals surface area contributed by atoms with Crippen molar-refractivity contribution in [2.75, 3.05) is 0 Å². The molecule has 4 heteroatoms. The first-order valence-electron chi connectivity index (χ1n) is 24.2. The lowest BCUT2D eigenvalue weighted by atomic mass is 9.92. The molecule has 0 aliphatic rings. The number of pyridine rings is 1. The van der Waals surface area contributed by atoms with Crippen molar-refractivity contribution in [3.05, 3.63) is 255 Å². The predicted molar refractivity (Wildman–Crippen MR) is 297 cm³/mol. The molecule has 0 aliphatic heterocycles. The van der Waals surface area contributed by atoms with Gasteiger partial charge in [-0.1, -0.05) is 218 Å². The van der Waals surface area contributed by atoms with E-state index in [1.165, 1.54) is 48.7 Å². The Balaban J connectivity index is 0.807. The third-order valence-electron chi connectivity index (χ3n) is 14.2. The van der Waals surface area contributed by atoms with Gasteiger partial charge in [-0.05, 0) is 91.0 Å². The highest BCUT2D eigenvalue weighted by atomic mass is 15.0. The molecule has 3 heterocycles. The van der Waals surface area contributed by atoms with Crippen LogP contribution >= 0.6 is 0 Å². The van der Waals surface area contributed by atoms with Gasteiger partial charge in [0.05, 0.1) is 33.6 Å². The van der Waals surface area contributed by atoms with E-state index in [4.69, 9.17) is 15.0 Å². The Morgan fingerprint density at radius 1 is 0.268 bits per heavy atom. The minimum atomic E-state index is 0.686. The molecule has 0 radical (unpaired) electrons. The minimum Gasteiger partial charge on any atom is -0.307 e. The molecular formula is C67H42N4. The van der Waals surface area contributed by atoms with Crippen molar-refractivity contribution in [1.82, 2.24) is 19.5 Å². The monoisotopic (exact) mass is 902 g/mol. The summed E-state index contributed by atoms with van der Waals surface area (Å²) < 4.78 is 2.37. The first kappa shape index (κ1) is 40.5. The van der Waals surface area contributed by atoms with E-state index in [2.05, 4.69) is 253 Å². The summed E-state index contributed by atoms with van der Waals surface area (Å²) in [6.07, 6.45) is 0. The van der Waals surface area contributed by atoms with Gasteiger partial charge in [-0.3, -0.25) is 0 Å². The van der Waals surface area contributed by atoms with Crippen LogP contribution < -0.4 is 0 Å². The van der Waals surface area contributed by atoms with Gasteiger partial charge >= 0.3 is 0 Å². The fourth-order valence-electron chi connectivity index (χ4n) is 10.8. The van der Waals surface area contributed by atoms with Gasteiger partial charge in [-0.15, -0.1) is 0 Å². The van der Waals surface area contributed by atoms with Crippen LogP contribution in [0, 0.1) is 0 Å². The van der Waals surface area contributed by atoms with Crippen LogP contribution in [-0.4, -0.2) is 19.5 Å². The van der Waals surface area contributed by atoms with E-state index < -0.39 is 0 Å². The van der Waals surface area contributed by atoms with E-state index in [1.54, 1.807) is 0 Å². The van der Waals surface area contributed by atoms with Gasteiger partial charge in [0.2, 0.25) is 0 Å². The van der Waals surface area contributed by atoms with Crippen molar-refractivity contribution < 1.29 is 0 Å². The maximum atomic E-state index is 5.37. The summed E-state index contributed by atoms with van der Waals surface area (Å²) >= 11 is 0. The van der Waals surface area contributed by atoms with Crippen LogP contribution in [0.4, 0.5) is 0 Å². The lowest BCUT2D eigenvalue weighted by Crippen LogP contribution is -1.97. The number of benzene rings is 11. The van der Waals surface area contributed by atoms with E-state index in [0.717, 1.165) is 83.6 Å². The van der Waals surface area contributed by atoms with Gasteiger partial charge in [0.15, 0.2) is 5.82 Å². The Kier molecular flexibility index (Phi) is 9.49. The van der Waals surface area contributed by atoms with E-state index >= 15 is 0 Å². The second kappa shape index (κ2) is 16.6. The van der Waals surface area contributed by atoms with E-state index in [9.17, 15) is 0 Å². The molecule has 14 aromatic rings. The van der Waals surface area contributed by atoms with Crippen LogP contribution in [0.3, 0.4) is 0 Å². The molecule has 330 valence electrons. The third kappa shape index (κ3) is 6.88. The largest absolute Gasteiger partial charge is 0.307 e. The molecule has 0 bridgehead atoms. The van der Waals surface area contributed by atoms with Crippen LogP contribution in [0.1, 0.15) is 0 Å². The van der Waals surface area contributed by atoms with Gasteiger partial charge in [0, 0.05) is 44.1 Å². The minimum absolute atomic E-state index is 0.686. The number of nitrogens with zero attached hydrogens (tertiary/aromatic N) is 4. The van der Waals surface area contributed by atoms with Crippen LogP contribution in [-0.2, 0) is 0 Å². The lowest BCUT2D eigenvalue weighted by Gasteiger charge is -2.13. The summed E-state index contributed by atoms with van der Waals surface area (Å²) in [5.41, 5.74) is 15.7. The average molecular weight is 903 g/mol.